The van der Waals surface area contributed by atoms with Gasteiger partial charge in [0.2, 0.25) is 0 Å². The molecule has 7 aliphatic carbocycles. The topological polar surface area (TPSA) is 0 Å². The van der Waals surface area contributed by atoms with Gasteiger partial charge in [-0.1, -0.05) is 0 Å². The summed E-state index contributed by atoms with van der Waals surface area (Å²) < 4.78 is 0. The molecule has 0 aliphatic heterocycles. The third kappa shape index (κ3) is 1.35. The van der Waals surface area contributed by atoms with E-state index >= 15 is 0 Å². The predicted molar refractivity (Wildman–Crippen MR) is 81.1 cm³/mol. The molecular formula is C20H30. The number of hydrogen-bond acceptors (Lipinski definition) is 0. The van der Waals surface area contributed by atoms with E-state index in [9.17, 15) is 0 Å². The smallest absolute Gasteiger partial charge is 0.0198 e. The Hall–Kier alpha value is 0. The average Bonchev–Trinajstić information content (AvgIpc) is 3.35. The molecule has 7 fully saturated rings. The van der Waals surface area contributed by atoms with Gasteiger partial charge in [0.15, 0.2) is 0 Å². The standard InChI is InChI=1S/C20H30/c1-2-12(1)13-3-5-14(6-4-13)15-7-9-16(10-8-15)20-11-17-18(20)19(17)20/h12-19H,1-11H2. The van der Waals surface area contributed by atoms with Crippen LogP contribution in [0.25, 0.3) is 0 Å². The molecule has 7 saturated carbocycles. The zero-order valence-electron chi connectivity index (χ0n) is 12.9. The molecule has 0 amide bonds. The Morgan fingerprint density at radius 2 is 0.900 bits per heavy atom. The minimum absolute atomic E-state index is 0.999. The van der Waals surface area contributed by atoms with Gasteiger partial charge in [-0.3, -0.25) is 0 Å². The summed E-state index contributed by atoms with van der Waals surface area (Å²) in [6.45, 7) is 0. The van der Waals surface area contributed by atoms with Gasteiger partial charge >= 0.3 is 0 Å². The van der Waals surface area contributed by atoms with Gasteiger partial charge in [0.25, 0.3) is 0 Å². The monoisotopic (exact) mass is 270 g/mol. The molecule has 20 heavy (non-hydrogen) atoms. The highest BCUT2D eigenvalue weighted by Crippen LogP contribution is 2.98. The van der Waals surface area contributed by atoms with Gasteiger partial charge < -0.3 is 0 Å². The van der Waals surface area contributed by atoms with Crippen molar-refractivity contribution in [1.29, 1.82) is 0 Å². The Labute approximate surface area is 124 Å². The summed E-state index contributed by atoms with van der Waals surface area (Å²) in [7, 11) is 0. The van der Waals surface area contributed by atoms with Crippen molar-refractivity contribution >= 4 is 0 Å². The summed E-state index contributed by atoms with van der Waals surface area (Å²) in [6.07, 6.45) is 17.7. The molecular weight excluding hydrogens is 240 g/mol. The quantitative estimate of drug-likeness (QED) is 0.655. The van der Waals surface area contributed by atoms with Crippen molar-refractivity contribution in [1.82, 2.24) is 0 Å². The molecule has 0 spiro atoms. The Bertz CT molecular complexity index is 407. The summed E-state index contributed by atoms with van der Waals surface area (Å²) in [5.41, 5.74) is 0.999. The first-order valence-corrected chi connectivity index (χ1v) is 9.88. The third-order valence-electron chi connectivity index (χ3n) is 9.19. The summed E-state index contributed by atoms with van der Waals surface area (Å²) in [4.78, 5) is 0. The molecule has 2 bridgehead atoms. The van der Waals surface area contributed by atoms with E-state index in [1.807, 2.05) is 0 Å². The zero-order valence-corrected chi connectivity index (χ0v) is 12.9. The lowest BCUT2D eigenvalue weighted by Gasteiger charge is -2.49. The van der Waals surface area contributed by atoms with Gasteiger partial charge in [0.1, 0.15) is 0 Å². The first-order valence-electron chi connectivity index (χ1n) is 9.88. The number of hydrogen-bond donors (Lipinski definition) is 0. The van der Waals surface area contributed by atoms with E-state index in [0.717, 1.165) is 23.2 Å². The van der Waals surface area contributed by atoms with Crippen molar-refractivity contribution in [2.75, 3.05) is 0 Å². The number of rotatable bonds is 3. The van der Waals surface area contributed by atoms with E-state index in [1.165, 1.54) is 29.6 Å². The van der Waals surface area contributed by atoms with Crippen LogP contribution in [-0.4, -0.2) is 0 Å². The van der Waals surface area contributed by atoms with Gasteiger partial charge in [-0.2, -0.15) is 0 Å². The maximum absolute atomic E-state index is 1.67. The molecule has 0 N–H and O–H groups in total. The van der Waals surface area contributed by atoms with Gasteiger partial charge in [-0.05, 0) is 123 Å². The van der Waals surface area contributed by atoms with E-state index in [4.69, 9.17) is 0 Å². The highest BCUT2D eigenvalue weighted by molar-refractivity contribution is 5.41. The summed E-state index contributed by atoms with van der Waals surface area (Å²) in [6, 6.07) is 0. The molecule has 0 aromatic carbocycles. The Morgan fingerprint density at radius 3 is 1.20 bits per heavy atom. The van der Waals surface area contributed by atoms with Crippen molar-refractivity contribution in [3.8, 4) is 0 Å². The fourth-order valence-corrected chi connectivity index (χ4v) is 7.68. The zero-order chi connectivity index (χ0) is 12.9. The summed E-state index contributed by atoms with van der Waals surface area (Å²) in [5, 5.41) is 0. The van der Waals surface area contributed by atoms with Crippen LogP contribution in [0.5, 0.6) is 0 Å². The highest BCUT2D eigenvalue weighted by Gasteiger charge is 2.94. The summed E-state index contributed by atoms with van der Waals surface area (Å²) >= 11 is 0. The van der Waals surface area contributed by atoms with Crippen LogP contribution in [0.2, 0.25) is 0 Å². The molecule has 0 heterocycles. The Balaban J connectivity index is 1.04. The molecule has 0 aromatic heterocycles. The van der Waals surface area contributed by atoms with E-state index in [2.05, 4.69) is 0 Å². The molecule has 2 unspecified atom stereocenters. The van der Waals surface area contributed by atoms with Gasteiger partial charge in [0.05, 0.1) is 0 Å². The second-order valence-corrected chi connectivity index (χ2v) is 9.66. The minimum atomic E-state index is 0.999. The van der Waals surface area contributed by atoms with Crippen LogP contribution in [0, 0.1) is 52.8 Å². The lowest BCUT2D eigenvalue weighted by molar-refractivity contribution is 0.00337. The van der Waals surface area contributed by atoms with Gasteiger partial charge in [0, 0.05) is 0 Å². The predicted octanol–water partition coefficient (Wildman–Crippen LogP) is 5.28. The van der Waals surface area contributed by atoms with E-state index in [1.54, 1.807) is 70.6 Å². The van der Waals surface area contributed by atoms with Crippen LogP contribution >= 0.6 is 0 Å². The van der Waals surface area contributed by atoms with Crippen molar-refractivity contribution in [2.24, 2.45) is 52.8 Å². The fourth-order valence-electron chi connectivity index (χ4n) is 7.68. The molecule has 2 atom stereocenters. The third-order valence-corrected chi connectivity index (χ3v) is 9.19. The molecule has 0 saturated heterocycles. The van der Waals surface area contributed by atoms with Gasteiger partial charge in [-0.25, -0.2) is 0 Å². The first-order chi connectivity index (χ1) is 9.88. The van der Waals surface area contributed by atoms with E-state index in [-0.39, 0.29) is 0 Å². The molecule has 7 aliphatic rings. The van der Waals surface area contributed by atoms with Crippen molar-refractivity contribution in [3.63, 3.8) is 0 Å². The van der Waals surface area contributed by atoms with Crippen LogP contribution < -0.4 is 0 Å². The van der Waals surface area contributed by atoms with E-state index in [0.29, 0.717) is 0 Å². The second kappa shape index (κ2) is 3.66. The largest absolute Gasteiger partial charge is 0.0499 e. The normalized spacial score (nSPS) is 63.3. The van der Waals surface area contributed by atoms with Crippen LogP contribution in [0.15, 0.2) is 0 Å². The lowest BCUT2D eigenvalue weighted by Crippen LogP contribution is -2.41. The Kier molecular flexibility index (Phi) is 2.12. The van der Waals surface area contributed by atoms with Crippen molar-refractivity contribution < 1.29 is 0 Å². The average molecular weight is 270 g/mol. The minimum Gasteiger partial charge on any atom is -0.0499 e. The van der Waals surface area contributed by atoms with E-state index < -0.39 is 0 Å². The molecule has 0 radical (unpaired) electrons. The highest BCUT2D eigenvalue weighted by atomic mass is 15.0. The summed E-state index contributed by atoms with van der Waals surface area (Å²) in [5.74, 6) is 9.68. The molecule has 0 heteroatoms. The molecule has 0 nitrogen and oxygen atoms in total. The maximum atomic E-state index is 1.67. The van der Waals surface area contributed by atoms with Crippen LogP contribution in [-0.2, 0) is 0 Å². The van der Waals surface area contributed by atoms with Crippen LogP contribution in [0.1, 0.15) is 70.6 Å². The van der Waals surface area contributed by atoms with Gasteiger partial charge in [-0.15, -0.1) is 0 Å². The second-order valence-electron chi connectivity index (χ2n) is 9.66. The SMILES string of the molecule is C1CC1C1CCC(C2CCC(C34CC5C3C54)CC2)CC1. The molecule has 7 rings (SSSR count). The lowest BCUT2D eigenvalue weighted by atomic mass is 9.56. The van der Waals surface area contributed by atoms with Crippen molar-refractivity contribution in [2.45, 2.75) is 70.6 Å². The van der Waals surface area contributed by atoms with Crippen LogP contribution in [0.3, 0.4) is 0 Å². The molecule has 110 valence electrons. The Morgan fingerprint density at radius 1 is 0.500 bits per heavy atom. The maximum Gasteiger partial charge on any atom is -0.0198 e. The van der Waals surface area contributed by atoms with Crippen molar-refractivity contribution in [3.05, 3.63) is 0 Å². The fraction of sp³-hybridized carbons (Fsp3) is 1.00. The molecule has 0 aromatic rings. The first kappa shape index (κ1) is 11.6. The van der Waals surface area contributed by atoms with Crippen LogP contribution in [0.4, 0.5) is 0 Å².